The van der Waals surface area contributed by atoms with Gasteiger partial charge in [-0.3, -0.25) is 9.78 Å². The number of fused-ring (bicyclic) bond motifs is 1. The van der Waals surface area contributed by atoms with Crippen molar-refractivity contribution in [2.24, 2.45) is 5.92 Å². The second-order valence-electron chi connectivity index (χ2n) is 9.85. The number of aromatic nitrogens is 3. The van der Waals surface area contributed by atoms with Crippen molar-refractivity contribution in [3.05, 3.63) is 47.2 Å². The maximum absolute atomic E-state index is 13.0. The van der Waals surface area contributed by atoms with E-state index in [0.29, 0.717) is 11.8 Å². The van der Waals surface area contributed by atoms with Crippen molar-refractivity contribution in [2.45, 2.75) is 77.2 Å². The number of carbonyl (C=O) groups excluding carboxylic acids is 1. The van der Waals surface area contributed by atoms with Crippen LogP contribution in [0.15, 0.2) is 24.4 Å². The van der Waals surface area contributed by atoms with Gasteiger partial charge in [-0.2, -0.15) is 0 Å². The first kappa shape index (κ1) is 21.4. The summed E-state index contributed by atoms with van der Waals surface area (Å²) in [5.41, 5.74) is 3.45. The van der Waals surface area contributed by atoms with Crippen LogP contribution < -0.4 is 4.90 Å². The first-order chi connectivity index (χ1) is 15.7. The maximum Gasteiger partial charge on any atom is 0.222 e. The van der Waals surface area contributed by atoms with E-state index in [-0.39, 0.29) is 5.92 Å². The molecule has 0 aromatic carbocycles. The molecule has 1 saturated carbocycles. The lowest BCUT2D eigenvalue weighted by Crippen LogP contribution is -2.40. The first-order valence-electron chi connectivity index (χ1n) is 12.5. The van der Waals surface area contributed by atoms with Crippen LogP contribution in [-0.4, -0.2) is 45.4 Å². The van der Waals surface area contributed by atoms with Crippen LogP contribution in [0.1, 0.15) is 80.1 Å². The van der Waals surface area contributed by atoms with E-state index in [1.807, 2.05) is 18.3 Å². The van der Waals surface area contributed by atoms with Gasteiger partial charge in [0.25, 0.3) is 0 Å². The highest BCUT2D eigenvalue weighted by atomic mass is 16.2. The van der Waals surface area contributed by atoms with Gasteiger partial charge in [-0.1, -0.05) is 18.9 Å². The van der Waals surface area contributed by atoms with Crippen LogP contribution >= 0.6 is 0 Å². The molecule has 3 aliphatic rings. The summed E-state index contributed by atoms with van der Waals surface area (Å²) >= 11 is 0. The Hall–Kier alpha value is -2.50. The van der Waals surface area contributed by atoms with Crippen molar-refractivity contribution in [1.29, 1.82) is 0 Å². The Kier molecular flexibility index (Phi) is 6.37. The molecule has 0 bridgehead atoms. The van der Waals surface area contributed by atoms with E-state index in [4.69, 9.17) is 9.97 Å². The molecular formula is C26H35N5O. The quantitative estimate of drug-likeness (QED) is 0.699. The SMILES string of the molecule is Cc1nc([C@H]2CCCN(C(=O)CC3CCCC3)C2)nc2c1CCCN2Cc1ccccn1. The number of nitrogens with zero attached hydrogens (tertiary/aromatic N) is 5. The second kappa shape index (κ2) is 9.55. The summed E-state index contributed by atoms with van der Waals surface area (Å²) in [5.74, 6) is 3.18. The minimum absolute atomic E-state index is 0.235. The van der Waals surface area contributed by atoms with Crippen molar-refractivity contribution in [3.63, 3.8) is 0 Å². The normalized spacial score (nSPS) is 21.6. The molecule has 6 heteroatoms. The largest absolute Gasteiger partial charge is 0.350 e. The lowest BCUT2D eigenvalue weighted by atomic mass is 9.94. The molecule has 2 fully saturated rings. The Morgan fingerprint density at radius 3 is 2.75 bits per heavy atom. The molecule has 2 aromatic heterocycles. The van der Waals surface area contributed by atoms with Crippen molar-refractivity contribution in [1.82, 2.24) is 19.9 Å². The van der Waals surface area contributed by atoms with Crippen molar-refractivity contribution in [3.8, 4) is 0 Å². The van der Waals surface area contributed by atoms with Gasteiger partial charge < -0.3 is 9.80 Å². The van der Waals surface area contributed by atoms with E-state index in [2.05, 4.69) is 27.8 Å². The predicted octanol–water partition coefficient (Wildman–Crippen LogP) is 4.42. The fourth-order valence-corrected chi connectivity index (χ4v) is 5.74. The third-order valence-electron chi connectivity index (χ3n) is 7.52. The highest BCUT2D eigenvalue weighted by Gasteiger charge is 2.30. The molecule has 170 valence electrons. The number of aryl methyl sites for hydroxylation is 1. The van der Waals surface area contributed by atoms with E-state index in [1.165, 1.54) is 31.2 Å². The van der Waals surface area contributed by atoms with Crippen LogP contribution in [0, 0.1) is 12.8 Å². The van der Waals surface area contributed by atoms with Gasteiger partial charge >= 0.3 is 0 Å². The van der Waals surface area contributed by atoms with E-state index >= 15 is 0 Å². The van der Waals surface area contributed by atoms with Gasteiger partial charge in [-0.25, -0.2) is 9.97 Å². The number of rotatable bonds is 5. The summed E-state index contributed by atoms with van der Waals surface area (Å²) in [7, 11) is 0. The van der Waals surface area contributed by atoms with Gasteiger partial charge in [0.05, 0.1) is 12.2 Å². The van der Waals surface area contributed by atoms with E-state index in [9.17, 15) is 4.79 Å². The van der Waals surface area contributed by atoms with Gasteiger partial charge in [0, 0.05) is 49.4 Å². The highest BCUT2D eigenvalue weighted by molar-refractivity contribution is 5.76. The molecule has 2 aliphatic heterocycles. The number of hydrogen-bond acceptors (Lipinski definition) is 5. The van der Waals surface area contributed by atoms with Crippen LogP contribution in [0.5, 0.6) is 0 Å². The van der Waals surface area contributed by atoms with Gasteiger partial charge in [-0.15, -0.1) is 0 Å². The van der Waals surface area contributed by atoms with Crippen molar-refractivity contribution >= 4 is 11.7 Å². The molecule has 5 rings (SSSR count). The van der Waals surface area contributed by atoms with E-state index in [0.717, 1.165) is 81.3 Å². The van der Waals surface area contributed by atoms with E-state index in [1.54, 1.807) is 0 Å². The Bertz CT molecular complexity index is 941. The molecule has 1 atom stereocenters. The summed E-state index contributed by atoms with van der Waals surface area (Å²) < 4.78 is 0. The molecule has 0 spiro atoms. The zero-order valence-corrected chi connectivity index (χ0v) is 19.3. The van der Waals surface area contributed by atoms with Crippen LogP contribution in [0.25, 0.3) is 0 Å². The Morgan fingerprint density at radius 1 is 1.06 bits per heavy atom. The number of hydrogen-bond donors (Lipinski definition) is 0. The lowest BCUT2D eigenvalue weighted by Gasteiger charge is -2.35. The third-order valence-corrected chi connectivity index (χ3v) is 7.52. The number of piperidine rings is 1. The first-order valence-corrected chi connectivity index (χ1v) is 12.5. The average molecular weight is 434 g/mol. The minimum atomic E-state index is 0.235. The third kappa shape index (κ3) is 4.64. The van der Waals surface area contributed by atoms with Gasteiger partial charge in [0.15, 0.2) is 0 Å². The molecule has 4 heterocycles. The summed E-state index contributed by atoms with van der Waals surface area (Å²) in [4.78, 5) is 32.0. The molecule has 0 N–H and O–H groups in total. The van der Waals surface area contributed by atoms with Gasteiger partial charge in [-0.05, 0) is 63.5 Å². The molecule has 0 unspecified atom stereocenters. The molecule has 1 amide bonds. The molecule has 6 nitrogen and oxygen atoms in total. The predicted molar refractivity (Wildman–Crippen MR) is 126 cm³/mol. The number of amides is 1. The van der Waals surface area contributed by atoms with Crippen molar-refractivity contribution in [2.75, 3.05) is 24.5 Å². The van der Waals surface area contributed by atoms with Crippen LogP contribution in [0.4, 0.5) is 5.82 Å². The van der Waals surface area contributed by atoms with Crippen LogP contribution in [0.2, 0.25) is 0 Å². The lowest BCUT2D eigenvalue weighted by molar-refractivity contribution is -0.133. The Morgan fingerprint density at radius 2 is 1.94 bits per heavy atom. The average Bonchev–Trinajstić information content (AvgIpc) is 3.33. The standard InChI is InChI=1S/C26H35N5O/c1-19-23-12-7-15-31(18-22-11-4-5-13-27-22)26(23)29-25(28-19)21-10-6-14-30(17-21)24(32)16-20-8-2-3-9-20/h4-5,11,13,20-21H,2-3,6-10,12,14-18H2,1H3/t21-/m0/s1. The molecule has 2 aromatic rings. The van der Waals surface area contributed by atoms with Gasteiger partial charge in [0.2, 0.25) is 5.91 Å². The molecule has 32 heavy (non-hydrogen) atoms. The summed E-state index contributed by atoms with van der Waals surface area (Å²) in [6, 6.07) is 6.09. The zero-order valence-electron chi connectivity index (χ0n) is 19.3. The molecular weight excluding hydrogens is 398 g/mol. The topological polar surface area (TPSA) is 62.2 Å². The second-order valence-corrected chi connectivity index (χ2v) is 9.85. The number of likely N-dealkylation sites (tertiary alicyclic amines) is 1. The summed E-state index contributed by atoms with van der Waals surface area (Å²) in [5, 5.41) is 0. The van der Waals surface area contributed by atoms with E-state index < -0.39 is 0 Å². The molecule has 1 aliphatic carbocycles. The number of pyridine rings is 1. The fraction of sp³-hybridized carbons (Fsp3) is 0.615. The highest BCUT2D eigenvalue weighted by Crippen LogP contribution is 2.33. The monoisotopic (exact) mass is 433 g/mol. The summed E-state index contributed by atoms with van der Waals surface area (Å²) in [6.45, 7) is 5.55. The zero-order chi connectivity index (χ0) is 21.9. The van der Waals surface area contributed by atoms with Crippen LogP contribution in [0.3, 0.4) is 0 Å². The Labute approximate surface area is 191 Å². The fourth-order valence-electron chi connectivity index (χ4n) is 5.74. The van der Waals surface area contributed by atoms with Gasteiger partial charge in [0.1, 0.15) is 11.6 Å². The smallest absolute Gasteiger partial charge is 0.222 e. The summed E-state index contributed by atoms with van der Waals surface area (Å²) in [6.07, 6.45) is 11.9. The minimum Gasteiger partial charge on any atom is -0.350 e. The molecule has 0 radical (unpaired) electrons. The molecule has 1 saturated heterocycles. The van der Waals surface area contributed by atoms with Crippen LogP contribution in [-0.2, 0) is 17.8 Å². The Balaban J connectivity index is 1.34. The van der Waals surface area contributed by atoms with Crippen molar-refractivity contribution < 1.29 is 4.79 Å². The maximum atomic E-state index is 13.0. The number of carbonyl (C=O) groups is 1. The number of anilines is 1.